The Bertz CT molecular complexity index is 666. The molecule has 8 heteroatoms. The minimum absolute atomic E-state index is 0. The maximum Gasteiger partial charge on any atom is 0.193 e. The summed E-state index contributed by atoms with van der Waals surface area (Å²) in [5, 5.41) is 3.13. The molecule has 0 saturated heterocycles. The molecule has 0 aliphatic heterocycles. The number of halogens is 2. The summed E-state index contributed by atoms with van der Waals surface area (Å²) in [6.07, 6.45) is 3.71. The second kappa shape index (κ2) is 12.2. The molecule has 0 aliphatic carbocycles. The molecule has 0 bridgehead atoms. The Morgan fingerprint density at radius 2 is 2.08 bits per heavy atom. The molecule has 1 aromatic rings. The molecule has 0 aromatic heterocycles. The largest absolute Gasteiger partial charge is 0.357 e. The highest BCUT2D eigenvalue weighted by Crippen LogP contribution is 2.15. The van der Waals surface area contributed by atoms with Crippen molar-refractivity contribution in [3.63, 3.8) is 0 Å². The van der Waals surface area contributed by atoms with Crippen molar-refractivity contribution in [3.8, 4) is 0 Å². The van der Waals surface area contributed by atoms with Crippen molar-refractivity contribution < 1.29 is 12.8 Å². The lowest BCUT2D eigenvalue weighted by Crippen LogP contribution is -2.39. The van der Waals surface area contributed by atoms with Gasteiger partial charge >= 0.3 is 0 Å². The highest BCUT2D eigenvalue weighted by atomic mass is 127. The lowest BCUT2D eigenvalue weighted by molar-refractivity contribution is 0.470. The second-order valence-electron chi connectivity index (χ2n) is 5.34. The van der Waals surface area contributed by atoms with Crippen LogP contribution in [0.25, 0.3) is 0 Å². The molecular weight excluding hydrogens is 456 g/mol. The number of nitrogens with zero attached hydrogens (tertiary/aromatic N) is 2. The molecule has 0 saturated carbocycles. The van der Waals surface area contributed by atoms with Gasteiger partial charge in [0.2, 0.25) is 0 Å². The molecule has 0 unspecified atom stereocenters. The maximum absolute atomic E-state index is 13.6. The van der Waals surface area contributed by atoms with E-state index in [2.05, 4.69) is 16.9 Å². The molecule has 1 N–H and O–H groups in total. The zero-order chi connectivity index (χ0) is 18.0. The van der Waals surface area contributed by atoms with E-state index in [0.717, 1.165) is 25.5 Å². The van der Waals surface area contributed by atoms with Gasteiger partial charge in [-0.2, -0.15) is 0 Å². The first-order valence-corrected chi connectivity index (χ1v) is 9.65. The van der Waals surface area contributed by atoms with Crippen molar-refractivity contribution in [2.75, 3.05) is 32.4 Å². The van der Waals surface area contributed by atoms with E-state index in [4.69, 9.17) is 0 Å². The van der Waals surface area contributed by atoms with E-state index < -0.39 is 15.7 Å². The zero-order valence-corrected chi connectivity index (χ0v) is 17.9. The zero-order valence-electron chi connectivity index (χ0n) is 14.7. The number of sulfone groups is 1. The van der Waals surface area contributed by atoms with Gasteiger partial charge in [0.25, 0.3) is 0 Å². The van der Waals surface area contributed by atoms with Gasteiger partial charge in [-0.1, -0.05) is 18.2 Å². The van der Waals surface area contributed by atoms with E-state index in [-0.39, 0.29) is 41.2 Å². The van der Waals surface area contributed by atoms with Gasteiger partial charge in [-0.05, 0) is 31.9 Å². The van der Waals surface area contributed by atoms with Crippen LogP contribution in [0.3, 0.4) is 0 Å². The van der Waals surface area contributed by atoms with E-state index >= 15 is 0 Å². The van der Waals surface area contributed by atoms with E-state index in [1.54, 1.807) is 0 Å². The quantitative estimate of drug-likeness (QED) is 0.193. The number of nitrogens with one attached hydrogen (secondary N) is 1. The predicted octanol–water partition coefficient (Wildman–Crippen LogP) is 3.08. The Hall–Kier alpha value is -1.16. The first-order chi connectivity index (χ1) is 11.4. The van der Waals surface area contributed by atoms with Crippen LogP contribution in [0.4, 0.5) is 4.39 Å². The monoisotopic (exact) mass is 483 g/mol. The Kier molecular flexibility index (Phi) is 11.7. The Labute approximate surface area is 167 Å². The van der Waals surface area contributed by atoms with Crippen molar-refractivity contribution >= 4 is 39.8 Å². The minimum Gasteiger partial charge on any atom is -0.357 e. The molecule has 0 amide bonds. The molecular formula is C17H27FIN3O2S. The predicted molar refractivity (Wildman–Crippen MR) is 112 cm³/mol. The van der Waals surface area contributed by atoms with Gasteiger partial charge in [0.05, 0.1) is 12.3 Å². The molecule has 0 aliphatic rings. The van der Waals surface area contributed by atoms with Gasteiger partial charge in [0, 0.05) is 20.1 Å². The summed E-state index contributed by atoms with van der Waals surface area (Å²) in [4.78, 5) is 6.01. The van der Waals surface area contributed by atoms with Crippen LogP contribution in [-0.4, -0.2) is 51.7 Å². The third-order valence-corrected chi connectivity index (χ3v) is 5.11. The Balaban J connectivity index is 0.00000576. The first-order valence-electron chi connectivity index (χ1n) is 8.00. The molecule has 0 spiro atoms. The number of hydrogen-bond acceptors (Lipinski definition) is 3. The van der Waals surface area contributed by atoms with Crippen molar-refractivity contribution in [1.29, 1.82) is 0 Å². The Morgan fingerprint density at radius 3 is 2.68 bits per heavy atom. The number of rotatable bonds is 9. The van der Waals surface area contributed by atoms with Crippen LogP contribution < -0.4 is 5.32 Å². The summed E-state index contributed by atoms with van der Waals surface area (Å²) in [7, 11) is -1.79. The summed E-state index contributed by atoms with van der Waals surface area (Å²) in [5.41, 5.74) is 0. The average Bonchev–Trinajstić information content (AvgIpc) is 2.54. The van der Waals surface area contributed by atoms with Crippen LogP contribution in [0.2, 0.25) is 0 Å². The van der Waals surface area contributed by atoms with Crippen LogP contribution in [0.1, 0.15) is 19.8 Å². The van der Waals surface area contributed by atoms with Crippen LogP contribution in [0, 0.1) is 5.82 Å². The standard InChI is InChI=1S/C17H26FN3O2S.HI/c1-4-6-9-13-21(3)17(19-5-2)20-12-14-24(22,23)16-11-8-7-10-15(16)18;/h4,7-8,10-11H,1,5-6,9,12-14H2,2-3H3,(H,19,20);1H. The van der Waals surface area contributed by atoms with Gasteiger partial charge in [0.15, 0.2) is 15.8 Å². The second-order valence-corrected chi connectivity index (χ2v) is 7.41. The van der Waals surface area contributed by atoms with Crippen LogP contribution in [0.15, 0.2) is 46.8 Å². The van der Waals surface area contributed by atoms with Crippen molar-refractivity contribution in [1.82, 2.24) is 10.2 Å². The number of guanidine groups is 1. The van der Waals surface area contributed by atoms with Gasteiger partial charge in [-0.15, -0.1) is 30.6 Å². The number of allylic oxidation sites excluding steroid dienone is 1. The van der Waals surface area contributed by atoms with E-state index in [9.17, 15) is 12.8 Å². The molecule has 1 aromatic carbocycles. The summed E-state index contributed by atoms with van der Waals surface area (Å²) in [6, 6.07) is 5.40. The van der Waals surface area contributed by atoms with Crippen molar-refractivity contribution in [2.24, 2.45) is 4.99 Å². The van der Waals surface area contributed by atoms with E-state index in [1.807, 2.05) is 24.9 Å². The molecule has 142 valence electrons. The molecule has 0 atom stereocenters. The van der Waals surface area contributed by atoms with E-state index in [0.29, 0.717) is 12.5 Å². The highest BCUT2D eigenvalue weighted by molar-refractivity contribution is 14.0. The molecule has 1 rings (SSSR count). The van der Waals surface area contributed by atoms with Crippen molar-refractivity contribution in [2.45, 2.75) is 24.7 Å². The lowest BCUT2D eigenvalue weighted by Gasteiger charge is -2.21. The van der Waals surface area contributed by atoms with Gasteiger partial charge in [-0.3, -0.25) is 4.99 Å². The molecule has 0 heterocycles. The number of aliphatic imine (C=N–C) groups is 1. The third-order valence-electron chi connectivity index (χ3n) is 3.39. The third kappa shape index (κ3) is 8.17. The summed E-state index contributed by atoms with van der Waals surface area (Å²) in [6.45, 7) is 7.19. The fourth-order valence-electron chi connectivity index (χ4n) is 2.13. The number of hydrogen-bond donors (Lipinski definition) is 1. The lowest BCUT2D eigenvalue weighted by atomic mass is 10.3. The summed E-state index contributed by atoms with van der Waals surface area (Å²) < 4.78 is 38.1. The molecule has 0 fully saturated rings. The van der Waals surface area contributed by atoms with Gasteiger partial charge in [-0.25, -0.2) is 12.8 Å². The van der Waals surface area contributed by atoms with Gasteiger partial charge in [0.1, 0.15) is 10.7 Å². The topological polar surface area (TPSA) is 61.8 Å². The fourth-order valence-corrected chi connectivity index (χ4v) is 3.33. The SMILES string of the molecule is C=CCCCN(C)C(=NCCS(=O)(=O)c1ccccc1F)NCC.I. The number of benzene rings is 1. The fraction of sp³-hybridized carbons (Fsp3) is 0.471. The maximum atomic E-state index is 13.6. The summed E-state index contributed by atoms with van der Waals surface area (Å²) >= 11 is 0. The smallest absolute Gasteiger partial charge is 0.193 e. The van der Waals surface area contributed by atoms with Gasteiger partial charge < -0.3 is 10.2 Å². The van der Waals surface area contributed by atoms with Crippen LogP contribution >= 0.6 is 24.0 Å². The average molecular weight is 483 g/mol. The van der Waals surface area contributed by atoms with Crippen LogP contribution in [-0.2, 0) is 9.84 Å². The highest BCUT2D eigenvalue weighted by Gasteiger charge is 2.18. The van der Waals surface area contributed by atoms with Crippen LogP contribution in [0.5, 0.6) is 0 Å². The molecule has 5 nitrogen and oxygen atoms in total. The summed E-state index contributed by atoms with van der Waals surface area (Å²) in [5.74, 6) is -0.316. The Morgan fingerprint density at radius 1 is 1.40 bits per heavy atom. The first kappa shape index (κ1) is 23.8. The minimum atomic E-state index is -3.69. The van der Waals surface area contributed by atoms with E-state index in [1.165, 1.54) is 18.2 Å². The molecule has 25 heavy (non-hydrogen) atoms. The number of unbranched alkanes of at least 4 members (excludes halogenated alkanes) is 1. The normalized spacial score (nSPS) is 11.6. The van der Waals surface area contributed by atoms with Crippen molar-refractivity contribution in [3.05, 3.63) is 42.7 Å². The molecule has 0 radical (unpaired) electrons.